The van der Waals surface area contributed by atoms with Crippen LogP contribution in [0.3, 0.4) is 0 Å². The maximum absolute atomic E-state index is 12.3. The lowest BCUT2D eigenvalue weighted by Crippen LogP contribution is -2.35. The van der Waals surface area contributed by atoms with Crippen molar-refractivity contribution < 1.29 is 4.79 Å². The SMILES string of the molecule is Cc1ccccc1C1CNCC1C(=O)NCC1CC1. The first-order valence-electron chi connectivity index (χ1n) is 7.29. The van der Waals surface area contributed by atoms with E-state index in [9.17, 15) is 4.79 Å². The summed E-state index contributed by atoms with van der Waals surface area (Å²) in [4.78, 5) is 12.3. The van der Waals surface area contributed by atoms with Gasteiger partial charge in [-0.05, 0) is 36.8 Å². The van der Waals surface area contributed by atoms with E-state index >= 15 is 0 Å². The van der Waals surface area contributed by atoms with Gasteiger partial charge in [-0.3, -0.25) is 4.79 Å². The van der Waals surface area contributed by atoms with Gasteiger partial charge in [-0.25, -0.2) is 0 Å². The van der Waals surface area contributed by atoms with Gasteiger partial charge in [0.1, 0.15) is 0 Å². The molecule has 0 spiro atoms. The molecule has 2 fully saturated rings. The molecule has 3 rings (SSSR count). The highest BCUT2D eigenvalue weighted by Gasteiger charge is 2.35. The number of hydrogen-bond donors (Lipinski definition) is 2. The van der Waals surface area contributed by atoms with E-state index in [1.54, 1.807) is 0 Å². The Balaban J connectivity index is 1.70. The van der Waals surface area contributed by atoms with Crippen LogP contribution in [0.4, 0.5) is 0 Å². The van der Waals surface area contributed by atoms with Crippen LogP contribution in [0.25, 0.3) is 0 Å². The van der Waals surface area contributed by atoms with E-state index in [0.717, 1.165) is 25.6 Å². The monoisotopic (exact) mass is 258 g/mol. The standard InChI is InChI=1S/C16H22N2O/c1-11-4-2-3-5-13(11)14-9-17-10-15(14)16(19)18-8-12-6-7-12/h2-5,12,14-15,17H,6-10H2,1H3,(H,18,19). The highest BCUT2D eigenvalue weighted by Crippen LogP contribution is 2.31. The molecule has 2 aliphatic rings. The van der Waals surface area contributed by atoms with Gasteiger partial charge in [-0.2, -0.15) is 0 Å². The van der Waals surface area contributed by atoms with E-state index in [2.05, 4.69) is 41.8 Å². The Morgan fingerprint density at radius 1 is 1.32 bits per heavy atom. The molecule has 1 heterocycles. The van der Waals surface area contributed by atoms with Crippen LogP contribution in [0.1, 0.15) is 29.9 Å². The van der Waals surface area contributed by atoms with Crippen molar-refractivity contribution in [3.8, 4) is 0 Å². The van der Waals surface area contributed by atoms with Gasteiger partial charge in [0.25, 0.3) is 0 Å². The Bertz CT molecular complexity index is 468. The maximum Gasteiger partial charge on any atom is 0.225 e. The smallest absolute Gasteiger partial charge is 0.225 e. The molecule has 3 nitrogen and oxygen atoms in total. The predicted octanol–water partition coefficient (Wildman–Crippen LogP) is 1.82. The molecule has 1 aromatic rings. The summed E-state index contributed by atoms with van der Waals surface area (Å²) < 4.78 is 0. The first kappa shape index (κ1) is 12.7. The maximum atomic E-state index is 12.3. The van der Waals surface area contributed by atoms with Crippen molar-refractivity contribution in [1.82, 2.24) is 10.6 Å². The second kappa shape index (κ2) is 5.33. The molecule has 19 heavy (non-hydrogen) atoms. The van der Waals surface area contributed by atoms with Crippen molar-refractivity contribution in [3.63, 3.8) is 0 Å². The Kier molecular flexibility index (Phi) is 3.56. The Morgan fingerprint density at radius 2 is 2.11 bits per heavy atom. The third-order valence-electron chi connectivity index (χ3n) is 4.40. The molecular formula is C16H22N2O. The molecular weight excluding hydrogens is 236 g/mol. The summed E-state index contributed by atoms with van der Waals surface area (Å²) in [6.45, 7) is 4.71. The average Bonchev–Trinajstić information content (AvgIpc) is 3.12. The van der Waals surface area contributed by atoms with Crippen molar-refractivity contribution in [2.75, 3.05) is 19.6 Å². The summed E-state index contributed by atoms with van der Waals surface area (Å²) in [5.41, 5.74) is 2.61. The van der Waals surface area contributed by atoms with Crippen LogP contribution in [-0.4, -0.2) is 25.5 Å². The molecule has 1 saturated heterocycles. The van der Waals surface area contributed by atoms with Gasteiger partial charge in [0.05, 0.1) is 5.92 Å². The number of hydrogen-bond acceptors (Lipinski definition) is 2. The molecule has 3 heteroatoms. The number of rotatable bonds is 4. The molecule has 0 bridgehead atoms. The number of carbonyl (C=O) groups excluding carboxylic acids is 1. The second-order valence-electron chi connectivity index (χ2n) is 5.92. The van der Waals surface area contributed by atoms with E-state index in [4.69, 9.17) is 0 Å². The van der Waals surface area contributed by atoms with Crippen molar-refractivity contribution in [2.24, 2.45) is 11.8 Å². The van der Waals surface area contributed by atoms with Crippen LogP contribution in [0.5, 0.6) is 0 Å². The molecule has 2 atom stereocenters. The van der Waals surface area contributed by atoms with Gasteiger partial charge in [-0.15, -0.1) is 0 Å². The van der Waals surface area contributed by atoms with Crippen LogP contribution >= 0.6 is 0 Å². The fourth-order valence-corrected chi connectivity index (χ4v) is 2.98. The molecule has 2 unspecified atom stereocenters. The number of nitrogens with one attached hydrogen (secondary N) is 2. The highest BCUT2D eigenvalue weighted by molar-refractivity contribution is 5.80. The van der Waals surface area contributed by atoms with E-state index in [1.165, 1.54) is 24.0 Å². The van der Waals surface area contributed by atoms with Crippen LogP contribution in [0.15, 0.2) is 24.3 Å². The molecule has 1 aliphatic carbocycles. The fourth-order valence-electron chi connectivity index (χ4n) is 2.98. The van der Waals surface area contributed by atoms with Crippen molar-refractivity contribution in [2.45, 2.75) is 25.7 Å². The largest absolute Gasteiger partial charge is 0.356 e. The quantitative estimate of drug-likeness (QED) is 0.865. The van der Waals surface area contributed by atoms with Gasteiger partial charge >= 0.3 is 0 Å². The zero-order chi connectivity index (χ0) is 13.2. The molecule has 0 radical (unpaired) electrons. The van der Waals surface area contributed by atoms with Crippen LogP contribution in [0.2, 0.25) is 0 Å². The first-order chi connectivity index (χ1) is 9.25. The minimum Gasteiger partial charge on any atom is -0.356 e. The van der Waals surface area contributed by atoms with Gasteiger partial charge in [0.2, 0.25) is 5.91 Å². The Hall–Kier alpha value is -1.35. The zero-order valence-corrected chi connectivity index (χ0v) is 11.5. The van der Waals surface area contributed by atoms with Crippen LogP contribution in [0, 0.1) is 18.8 Å². The Morgan fingerprint density at radius 3 is 2.84 bits per heavy atom. The van der Waals surface area contributed by atoms with Gasteiger partial charge in [0.15, 0.2) is 0 Å². The predicted molar refractivity (Wildman–Crippen MR) is 76.0 cm³/mol. The second-order valence-corrected chi connectivity index (χ2v) is 5.92. The summed E-state index contributed by atoms with van der Waals surface area (Å²) in [7, 11) is 0. The highest BCUT2D eigenvalue weighted by atomic mass is 16.1. The van der Waals surface area contributed by atoms with Crippen molar-refractivity contribution in [1.29, 1.82) is 0 Å². The summed E-state index contributed by atoms with van der Waals surface area (Å²) in [6, 6.07) is 8.42. The fraction of sp³-hybridized carbons (Fsp3) is 0.562. The number of benzene rings is 1. The molecule has 0 aromatic heterocycles. The van der Waals surface area contributed by atoms with Crippen LogP contribution < -0.4 is 10.6 Å². The molecule has 1 amide bonds. The van der Waals surface area contributed by atoms with Crippen molar-refractivity contribution >= 4 is 5.91 Å². The Labute approximate surface area is 114 Å². The number of aryl methyl sites for hydroxylation is 1. The molecule has 1 aromatic carbocycles. The molecule has 102 valence electrons. The number of carbonyl (C=O) groups is 1. The minimum atomic E-state index is 0.0832. The third kappa shape index (κ3) is 2.81. The normalized spacial score (nSPS) is 26.4. The zero-order valence-electron chi connectivity index (χ0n) is 11.5. The lowest BCUT2D eigenvalue weighted by Gasteiger charge is -2.20. The van der Waals surface area contributed by atoms with Crippen LogP contribution in [-0.2, 0) is 4.79 Å². The average molecular weight is 258 g/mol. The minimum absolute atomic E-state index is 0.0832. The van der Waals surface area contributed by atoms with Gasteiger partial charge in [0, 0.05) is 25.6 Å². The lowest BCUT2D eigenvalue weighted by molar-refractivity contribution is -0.124. The molecule has 1 aliphatic heterocycles. The first-order valence-corrected chi connectivity index (χ1v) is 7.29. The van der Waals surface area contributed by atoms with E-state index in [-0.39, 0.29) is 11.8 Å². The summed E-state index contributed by atoms with van der Waals surface area (Å²) in [5, 5.41) is 6.50. The van der Waals surface area contributed by atoms with Gasteiger partial charge < -0.3 is 10.6 Å². The molecule has 2 N–H and O–H groups in total. The van der Waals surface area contributed by atoms with E-state index in [0.29, 0.717) is 5.92 Å². The van der Waals surface area contributed by atoms with Crippen molar-refractivity contribution in [3.05, 3.63) is 35.4 Å². The summed E-state index contributed by atoms with van der Waals surface area (Å²) in [5.74, 6) is 1.38. The topological polar surface area (TPSA) is 41.1 Å². The summed E-state index contributed by atoms with van der Waals surface area (Å²) in [6.07, 6.45) is 2.56. The molecule has 1 saturated carbocycles. The third-order valence-corrected chi connectivity index (χ3v) is 4.40. The van der Waals surface area contributed by atoms with E-state index in [1.807, 2.05) is 0 Å². The van der Waals surface area contributed by atoms with E-state index < -0.39 is 0 Å². The lowest BCUT2D eigenvalue weighted by atomic mass is 9.86. The van der Waals surface area contributed by atoms with Gasteiger partial charge in [-0.1, -0.05) is 24.3 Å². The summed E-state index contributed by atoms with van der Waals surface area (Å²) >= 11 is 0. The number of amides is 1.